The summed E-state index contributed by atoms with van der Waals surface area (Å²) in [5.74, 6) is -0.193. The molecule has 0 aliphatic rings. The number of phosphoric acid groups is 1. The topological polar surface area (TPSA) is 105 Å². The van der Waals surface area contributed by atoms with E-state index in [0.29, 0.717) is 17.4 Å². The van der Waals surface area contributed by atoms with E-state index in [9.17, 15) is 19.4 Å². The minimum absolute atomic E-state index is 0.0545. The van der Waals surface area contributed by atoms with E-state index in [1.807, 2.05) is 27.2 Å². The smallest absolute Gasteiger partial charge is 0.387 e. The van der Waals surface area contributed by atoms with Crippen LogP contribution in [0.5, 0.6) is 0 Å². The number of hydrogen-bond acceptors (Lipinski definition) is 5. The number of amides is 1. The summed E-state index contributed by atoms with van der Waals surface area (Å²) in [6, 6.07) is -0.865. The number of hydrogen-bond donors (Lipinski definition) is 3. The van der Waals surface area contributed by atoms with Crippen molar-refractivity contribution in [2.45, 2.75) is 219 Å². The van der Waals surface area contributed by atoms with E-state index in [4.69, 9.17) is 9.05 Å². The van der Waals surface area contributed by atoms with Crippen LogP contribution in [0.25, 0.3) is 0 Å². The van der Waals surface area contributed by atoms with Gasteiger partial charge >= 0.3 is 7.82 Å². The van der Waals surface area contributed by atoms with Crippen molar-refractivity contribution in [2.75, 3.05) is 40.9 Å². The van der Waals surface area contributed by atoms with Gasteiger partial charge in [0.15, 0.2) is 0 Å². The van der Waals surface area contributed by atoms with Crippen LogP contribution < -0.4 is 5.32 Å². The maximum absolute atomic E-state index is 12.8. The van der Waals surface area contributed by atoms with E-state index < -0.39 is 20.0 Å². The molecule has 0 fully saturated rings. The van der Waals surface area contributed by atoms with Crippen LogP contribution in [0.1, 0.15) is 206 Å². The maximum atomic E-state index is 12.8. The number of carbonyl (C=O) groups excluding carboxylic acids is 1. The molecule has 0 radical (unpaired) electrons. The van der Waals surface area contributed by atoms with Crippen LogP contribution in [0.3, 0.4) is 0 Å². The first kappa shape index (κ1) is 54.7. The Kier molecular flexibility index (Phi) is 38.3. The van der Waals surface area contributed by atoms with Crippen molar-refractivity contribution in [1.29, 1.82) is 0 Å². The molecule has 0 rings (SSSR count). The zero-order valence-electron chi connectivity index (χ0n) is 37.4. The minimum atomic E-state index is -4.34. The number of aliphatic hydroxyl groups excluding tert-OH is 1. The zero-order chi connectivity index (χ0) is 41.4. The number of aliphatic hydroxyl groups is 1. The van der Waals surface area contributed by atoms with Gasteiger partial charge in [-0.15, -0.1) is 0 Å². The lowest BCUT2D eigenvalue weighted by atomic mass is 10.0. The lowest BCUT2D eigenvalue weighted by molar-refractivity contribution is -0.870. The van der Waals surface area contributed by atoms with Gasteiger partial charge in [-0.05, 0) is 44.9 Å². The van der Waals surface area contributed by atoms with Gasteiger partial charge in [-0.3, -0.25) is 13.8 Å². The average molecular weight is 812 g/mol. The van der Waals surface area contributed by atoms with Crippen molar-refractivity contribution >= 4 is 13.7 Å². The fourth-order valence-corrected chi connectivity index (χ4v) is 7.34. The van der Waals surface area contributed by atoms with Crippen molar-refractivity contribution in [3.8, 4) is 0 Å². The minimum Gasteiger partial charge on any atom is -0.387 e. The lowest BCUT2D eigenvalue weighted by Gasteiger charge is -2.25. The molecule has 0 bridgehead atoms. The molecular formula is C47H92N2O6P+. The second-order valence-electron chi connectivity index (χ2n) is 17.1. The van der Waals surface area contributed by atoms with Gasteiger partial charge in [0.05, 0.1) is 39.9 Å². The van der Waals surface area contributed by atoms with E-state index in [1.54, 1.807) is 6.08 Å². The Balaban J connectivity index is 4.39. The van der Waals surface area contributed by atoms with Gasteiger partial charge in [0.1, 0.15) is 13.2 Å². The second kappa shape index (κ2) is 39.2. The molecule has 0 aromatic heterocycles. The Morgan fingerprint density at radius 3 is 1.43 bits per heavy atom. The van der Waals surface area contributed by atoms with Crippen molar-refractivity contribution < 1.29 is 32.9 Å². The molecule has 8 nitrogen and oxygen atoms in total. The first-order chi connectivity index (χ1) is 27.0. The molecule has 3 unspecified atom stereocenters. The van der Waals surface area contributed by atoms with Crippen molar-refractivity contribution in [1.82, 2.24) is 5.32 Å². The quantitative estimate of drug-likeness (QED) is 0.0245. The molecule has 0 aromatic carbocycles. The Morgan fingerprint density at radius 1 is 0.589 bits per heavy atom. The molecule has 9 heteroatoms. The normalized spacial score (nSPS) is 14.6. The van der Waals surface area contributed by atoms with Crippen molar-refractivity contribution in [3.05, 3.63) is 36.5 Å². The number of carbonyl (C=O) groups is 1. The summed E-state index contributed by atoms with van der Waals surface area (Å²) in [6.07, 6.45) is 48.0. The largest absolute Gasteiger partial charge is 0.472 e. The summed E-state index contributed by atoms with van der Waals surface area (Å²) in [5, 5.41) is 13.8. The molecule has 3 atom stereocenters. The molecule has 0 aliphatic heterocycles. The van der Waals surface area contributed by atoms with Crippen LogP contribution in [-0.4, -0.2) is 73.4 Å². The van der Waals surface area contributed by atoms with Gasteiger partial charge in [0, 0.05) is 6.42 Å². The summed E-state index contributed by atoms with van der Waals surface area (Å²) < 4.78 is 23.5. The van der Waals surface area contributed by atoms with Gasteiger partial charge in [-0.25, -0.2) is 4.57 Å². The molecule has 56 heavy (non-hydrogen) atoms. The van der Waals surface area contributed by atoms with E-state index in [-0.39, 0.29) is 19.1 Å². The lowest BCUT2D eigenvalue weighted by Crippen LogP contribution is -2.45. The van der Waals surface area contributed by atoms with Gasteiger partial charge in [0.2, 0.25) is 5.91 Å². The highest BCUT2D eigenvalue weighted by molar-refractivity contribution is 7.47. The van der Waals surface area contributed by atoms with E-state index >= 15 is 0 Å². The molecule has 0 aromatic rings. The highest BCUT2D eigenvalue weighted by Crippen LogP contribution is 2.43. The van der Waals surface area contributed by atoms with Gasteiger partial charge < -0.3 is 19.8 Å². The Morgan fingerprint density at radius 2 is 0.982 bits per heavy atom. The third kappa shape index (κ3) is 40.9. The number of quaternary nitrogens is 1. The summed E-state index contributed by atoms with van der Waals surface area (Å²) in [7, 11) is 1.55. The van der Waals surface area contributed by atoms with Crippen LogP contribution >= 0.6 is 7.82 Å². The van der Waals surface area contributed by atoms with E-state index in [0.717, 1.165) is 44.9 Å². The van der Waals surface area contributed by atoms with Crippen LogP contribution in [0.15, 0.2) is 36.5 Å². The molecule has 0 heterocycles. The maximum Gasteiger partial charge on any atom is 0.472 e. The number of allylic oxidation sites excluding steroid dienone is 5. The molecular weight excluding hydrogens is 719 g/mol. The highest BCUT2D eigenvalue weighted by Gasteiger charge is 2.27. The Hall–Kier alpha value is -1.28. The number of unbranched alkanes of at least 4 members (excludes halogenated alkanes) is 25. The van der Waals surface area contributed by atoms with Crippen LogP contribution in [0.2, 0.25) is 0 Å². The molecule has 0 saturated carbocycles. The predicted octanol–water partition coefficient (Wildman–Crippen LogP) is 13.1. The predicted molar refractivity (Wildman–Crippen MR) is 240 cm³/mol. The van der Waals surface area contributed by atoms with Crippen LogP contribution in [0, 0.1) is 0 Å². The first-order valence-electron chi connectivity index (χ1n) is 23.4. The summed E-state index contributed by atoms with van der Waals surface area (Å²) in [5.41, 5.74) is 0. The fraction of sp³-hybridized carbons (Fsp3) is 0.851. The zero-order valence-corrected chi connectivity index (χ0v) is 38.3. The third-order valence-corrected chi connectivity index (χ3v) is 11.3. The second-order valence-corrected chi connectivity index (χ2v) is 18.6. The highest BCUT2D eigenvalue weighted by atomic mass is 31.2. The van der Waals surface area contributed by atoms with Crippen LogP contribution in [0.4, 0.5) is 0 Å². The standard InChI is InChI=1S/C47H91N2O6P/c1-6-8-10-12-14-16-18-19-20-21-22-23-24-25-26-27-28-29-31-32-34-36-38-40-46(50)45(44-55-56(52,53)54-43-42-49(3,4)5)48-47(51)41-39-37-35-33-30-17-15-13-11-9-7-2/h26-27,31-32,38,40,45-46,50H,6-25,28-30,33-37,39,41-44H2,1-5H3,(H-,48,51,52,53)/p+1/b27-26+,32-31+,40-38+. The summed E-state index contributed by atoms with van der Waals surface area (Å²) in [6.45, 7) is 4.78. The van der Waals surface area contributed by atoms with Crippen molar-refractivity contribution in [2.24, 2.45) is 0 Å². The SMILES string of the molecule is CCCCCCCCCCCCCCC/C=C/CC/C=C/CC/C=C/C(O)C(COP(=O)(O)OCC[N+](C)(C)C)NC(=O)CCCCCCCCCCCCC. The fourth-order valence-electron chi connectivity index (χ4n) is 6.60. The Labute approximate surface area is 347 Å². The third-order valence-electron chi connectivity index (χ3n) is 10.3. The number of likely N-dealkylation sites (N-methyl/N-ethyl adjacent to an activating group) is 1. The van der Waals surface area contributed by atoms with Gasteiger partial charge in [-0.2, -0.15) is 0 Å². The van der Waals surface area contributed by atoms with Gasteiger partial charge in [-0.1, -0.05) is 192 Å². The van der Waals surface area contributed by atoms with E-state index in [1.165, 1.54) is 141 Å². The molecule has 330 valence electrons. The van der Waals surface area contributed by atoms with Crippen LogP contribution in [-0.2, 0) is 18.4 Å². The molecule has 3 N–H and O–H groups in total. The molecule has 1 amide bonds. The molecule has 0 aliphatic carbocycles. The summed E-state index contributed by atoms with van der Waals surface area (Å²) in [4.78, 5) is 23.1. The van der Waals surface area contributed by atoms with E-state index in [2.05, 4.69) is 43.5 Å². The van der Waals surface area contributed by atoms with Gasteiger partial charge in [0.25, 0.3) is 0 Å². The number of rotatable bonds is 42. The van der Waals surface area contributed by atoms with Crippen molar-refractivity contribution in [3.63, 3.8) is 0 Å². The number of phosphoric ester groups is 1. The average Bonchev–Trinajstić information content (AvgIpc) is 3.15. The summed E-state index contributed by atoms with van der Waals surface area (Å²) >= 11 is 0. The molecule has 0 saturated heterocycles. The number of nitrogens with zero attached hydrogens (tertiary/aromatic N) is 1. The Bertz CT molecular complexity index is 1010. The first-order valence-corrected chi connectivity index (χ1v) is 24.9. The molecule has 0 spiro atoms. The monoisotopic (exact) mass is 812 g/mol. The number of nitrogens with one attached hydrogen (secondary N) is 1.